The number of halogens is 5. The van der Waals surface area contributed by atoms with Crippen LogP contribution in [-0.4, -0.2) is 19.1 Å². The van der Waals surface area contributed by atoms with E-state index in [1.165, 1.54) is 24.3 Å². The van der Waals surface area contributed by atoms with E-state index in [2.05, 4.69) is 0 Å². The van der Waals surface area contributed by atoms with E-state index in [0.29, 0.717) is 0 Å². The maximum atomic E-state index is 12.5. The van der Waals surface area contributed by atoms with Crippen LogP contribution in [0, 0.1) is 0 Å². The monoisotopic (exact) mass is 239 g/mol. The lowest BCUT2D eigenvalue weighted by atomic mass is 10.1. The topological polar surface area (TPSA) is 12.0 Å². The van der Waals surface area contributed by atoms with Crippen LogP contribution < -0.4 is 5.32 Å². The Balaban J connectivity index is 2.81. The Morgan fingerprint density at radius 3 is 2.06 bits per heavy atom. The highest BCUT2D eigenvalue weighted by Crippen LogP contribution is 2.32. The first-order valence-electron chi connectivity index (χ1n) is 4.54. The van der Waals surface area contributed by atoms with Crippen LogP contribution in [0.5, 0.6) is 0 Å². The molecule has 0 heterocycles. The molecule has 0 fully saturated rings. The minimum absolute atomic E-state index is 0.0735. The number of benzene rings is 1. The maximum absolute atomic E-state index is 12.5. The Morgan fingerprint density at radius 1 is 1.06 bits per heavy atom. The number of nitrogens with one attached hydrogen (secondary N) is 1. The van der Waals surface area contributed by atoms with Crippen molar-refractivity contribution in [2.45, 2.75) is 18.6 Å². The molecule has 1 nitrogen and oxygen atoms in total. The molecule has 0 saturated carbocycles. The molecular formula is C10H10F5N. The van der Waals surface area contributed by atoms with E-state index in [9.17, 15) is 22.0 Å². The van der Waals surface area contributed by atoms with E-state index in [1.807, 2.05) is 0 Å². The molecule has 1 aromatic carbocycles. The summed E-state index contributed by atoms with van der Waals surface area (Å²) in [5.74, 6) is 0. The summed E-state index contributed by atoms with van der Waals surface area (Å²) in [7, 11) is 0. The molecule has 6 heteroatoms. The summed E-state index contributed by atoms with van der Waals surface area (Å²) in [5.41, 5.74) is -0.0735. The Morgan fingerprint density at radius 2 is 1.62 bits per heavy atom. The lowest BCUT2D eigenvalue weighted by molar-refractivity contribution is -0.159. The Kier molecular flexibility index (Phi) is 4.23. The quantitative estimate of drug-likeness (QED) is 0.796. The predicted octanol–water partition coefficient (Wildman–Crippen LogP) is 3.14. The SMILES string of the molecule is FC(F)CNC(c1ccccc1)C(F)(F)F. The third-order valence-corrected chi connectivity index (χ3v) is 1.94. The number of hydrogen-bond donors (Lipinski definition) is 1. The van der Waals surface area contributed by atoms with Crippen LogP contribution in [0.1, 0.15) is 11.6 Å². The van der Waals surface area contributed by atoms with Crippen LogP contribution in [0.3, 0.4) is 0 Å². The normalized spacial score (nSPS) is 14.1. The van der Waals surface area contributed by atoms with Crippen molar-refractivity contribution >= 4 is 0 Å². The van der Waals surface area contributed by atoms with Crippen molar-refractivity contribution in [1.29, 1.82) is 0 Å². The second kappa shape index (κ2) is 5.25. The first kappa shape index (κ1) is 12.9. The number of rotatable bonds is 4. The van der Waals surface area contributed by atoms with Crippen LogP contribution in [0.15, 0.2) is 30.3 Å². The van der Waals surface area contributed by atoms with Crippen molar-refractivity contribution in [3.8, 4) is 0 Å². The molecule has 0 amide bonds. The largest absolute Gasteiger partial charge is 0.407 e. The summed E-state index contributed by atoms with van der Waals surface area (Å²) in [5, 5.41) is 1.80. The van der Waals surface area contributed by atoms with Crippen LogP contribution in [-0.2, 0) is 0 Å². The van der Waals surface area contributed by atoms with Crippen LogP contribution in [0.2, 0.25) is 0 Å². The molecule has 16 heavy (non-hydrogen) atoms. The molecule has 0 radical (unpaired) electrons. The third kappa shape index (κ3) is 3.77. The average Bonchev–Trinajstić information content (AvgIpc) is 2.17. The summed E-state index contributed by atoms with van der Waals surface area (Å²) in [4.78, 5) is 0. The van der Waals surface area contributed by atoms with Crippen molar-refractivity contribution in [2.24, 2.45) is 0 Å². The smallest absolute Gasteiger partial charge is 0.297 e. The molecule has 0 bridgehead atoms. The second-order valence-electron chi connectivity index (χ2n) is 3.18. The van der Waals surface area contributed by atoms with Crippen LogP contribution in [0.4, 0.5) is 22.0 Å². The Bertz CT molecular complexity index is 309. The molecule has 0 aliphatic carbocycles. The van der Waals surface area contributed by atoms with E-state index in [1.54, 1.807) is 11.4 Å². The minimum atomic E-state index is -4.59. The summed E-state index contributed by atoms with van der Waals surface area (Å²) >= 11 is 0. The zero-order valence-electron chi connectivity index (χ0n) is 8.14. The van der Waals surface area contributed by atoms with Crippen molar-refractivity contribution < 1.29 is 22.0 Å². The first-order chi connectivity index (χ1) is 7.41. The van der Waals surface area contributed by atoms with Gasteiger partial charge in [-0.25, -0.2) is 8.78 Å². The van der Waals surface area contributed by atoms with E-state index in [4.69, 9.17) is 0 Å². The van der Waals surface area contributed by atoms with E-state index >= 15 is 0 Å². The van der Waals surface area contributed by atoms with Gasteiger partial charge < -0.3 is 0 Å². The molecule has 0 aromatic heterocycles. The molecule has 90 valence electrons. The van der Waals surface area contributed by atoms with Gasteiger partial charge in [-0.1, -0.05) is 30.3 Å². The van der Waals surface area contributed by atoms with Gasteiger partial charge in [0.15, 0.2) is 0 Å². The zero-order valence-corrected chi connectivity index (χ0v) is 8.14. The fourth-order valence-electron chi connectivity index (χ4n) is 1.27. The Hall–Kier alpha value is -1.17. The van der Waals surface area contributed by atoms with E-state index in [-0.39, 0.29) is 5.56 Å². The van der Waals surface area contributed by atoms with Gasteiger partial charge in [0.2, 0.25) is 0 Å². The maximum Gasteiger partial charge on any atom is 0.407 e. The highest BCUT2D eigenvalue weighted by atomic mass is 19.4. The summed E-state index contributed by atoms with van der Waals surface area (Å²) in [6, 6.07) is 4.86. The van der Waals surface area contributed by atoms with Gasteiger partial charge in [-0.2, -0.15) is 13.2 Å². The van der Waals surface area contributed by atoms with Gasteiger partial charge in [-0.3, -0.25) is 5.32 Å². The predicted molar refractivity (Wildman–Crippen MR) is 49.2 cm³/mol. The van der Waals surface area contributed by atoms with Crippen LogP contribution >= 0.6 is 0 Å². The molecule has 0 spiro atoms. The van der Waals surface area contributed by atoms with E-state index in [0.717, 1.165) is 0 Å². The molecule has 1 unspecified atom stereocenters. The fourth-order valence-corrected chi connectivity index (χ4v) is 1.27. The first-order valence-corrected chi connectivity index (χ1v) is 4.54. The number of hydrogen-bond acceptors (Lipinski definition) is 1. The fraction of sp³-hybridized carbons (Fsp3) is 0.400. The van der Waals surface area contributed by atoms with Gasteiger partial charge in [0.25, 0.3) is 6.43 Å². The highest BCUT2D eigenvalue weighted by molar-refractivity contribution is 5.20. The summed E-state index contributed by atoms with van der Waals surface area (Å²) in [6.45, 7) is -0.987. The minimum Gasteiger partial charge on any atom is -0.297 e. The van der Waals surface area contributed by atoms with Gasteiger partial charge in [0, 0.05) is 0 Å². The van der Waals surface area contributed by atoms with Crippen LogP contribution in [0.25, 0.3) is 0 Å². The Labute approximate surface area is 89.3 Å². The molecule has 0 aliphatic rings. The lowest BCUT2D eigenvalue weighted by Crippen LogP contribution is -2.36. The summed E-state index contributed by atoms with van der Waals surface area (Å²) < 4.78 is 61.4. The highest BCUT2D eigenvalue weighted by Gasteiger charge is 2.40. The standard InChI is InChI=1S/C10H10F5N/c11-8(12)6-16-9(10(13,14)15)7-4-2-1-3-5-7/h1-5,8-9,16H,6H2. The van der Waals surface area contributed by atoms with Gasteiger partial charge in [-0.05, 0) is 5.56 Å². The molecule has 1 rings (SSSR count). The van der Waals surface area contributed by atoms with Gasteiger partial charge in [0.05, 0.1) is 6.54 Å². The molecule has 0 aliphatic heterocycles. The molecule has 0 saturated heterocycles. The molecule has 1 aromatic rings. The lowest BCUT2D eigenvalue weighted by Gasteiger charge is -2.21. The zero-order chi connectivity index (χ0) is 12.2. The average molecular weight is 239 g/mol. The van der Waals surface area contributed by atoms with Crippen molar-refractivity contribution in [3.05, 3.63) is 35.9 Å². The van der Waals surface area contributed by atoms with Gasteiger partial charge in [-0.15, -0.1) is 0 Å². The molecule has 1 atom stereocenters. The van der Waals surface area contributed by atoms with Crippen molar-refractivity contribution in [3.63, 3.8) is 0 Å². The third-order valence-electron chi connectivity index (χ3n) is 1.94. The number of alkyl halides is 5. The van der Waals surface area contributed by atoms with Gasteiger partial charge in [0.1, 0.15) is 6.04 Å². The van der Waals surface area contributed by atoms with Crippen molar-refractivity contribution in [1.82, 2.24) is 5.32 Å². The second-order valence-corrected chi connectivity index (χ2v) is 3.18. The van der Waals surface area contributed by atoms with Crippen molar-refractivity contribution in [2.75, 3.05) is 6.54 Å². The molecule has 1 N–H and O–H groups in total. The molecular weight excluding hydrogens is 229 g/mol. The van der Waals surface area contributed by atoms with Gasteiger partial charge >= 0.3 is 6.18 Å². The summed E-state index contributed by atoms with van der Waals surface area (Å²) in [6.07, 6.45) is -7.40. The van der Waals surface area contributed by atoms with E-state index < -0.39 is 25.2 Å².